The highest BCUT2D eigenvalue weighted by atomic mass is 16.5. The molecule has 7 heteroatoms. The second-order valence-electron chi connectivity index (χ2n) is 7.57. The molecule has 1 rings (SSSR count). The Kier molecular flexibility index (Phi) is 7.81. The Hall–Kier alpha value is -1.89. The highest BCUT2D eigenvalue weighted by Crippen LogP contribution is 2.24. The minimum absolute atomic E-state index is 0.0774. The summed E-state index contributed by atoms with van der Waals surface area (Å²) in [6.45, 7) is 8.38. The molecule has 0 saturated heterocycles. The molecular weight excluding hydrogens is 336 g/mol. The van der Waals surface area contributed by atoms with Crippen molar-refractivity contribution in [1.29, 1.82) is 0 Å². The summed E-state index contributed by atoms with van der Waals surface area (Å²) in [6, 6.07) is -1.00. The molecule has 26 heavy (non-hydrogen) atoms. The van der Waals surface area contributed by atoms with Crippen molar-refractivity contribution in [2.75, 3.05) is 0 Å². The first-order valence-electron chi connectivity index (χ1n) is 9.12. The van der Waals surface area contributed by atoms with Gasteiger partial charge in [0.05, 0.1) is 0 Å². The van der Waals surface area contributed by atoms with E-state index in [1.54, 1.807) is 20.8 Å². The van der Waals surface area contributed by atoms with Crippen LogP contribution in [0.2, 0.25) is 0 Å². The van der Waals surface area contributed by atoms with Crippen molar-refractivity contribution in [3.63, 3.8) is 0 Å². The maximum absolute atomic E-state index is 12.7. The molecule has 0 amide bonds. The summed E-state index contributed by atoms with van der Waals surface area (Å²) in [6.07, 6.45) is 2.33. The number of hydrogen-bond acceptors (Lipinski definition) is 7. The van der Waals surface area contributed by atoms with Crippen molar-refractivity contribution in [3.05, 3.63) is 16.6 Å². The average Bonchev–Trinajstić information content (AvgIpc) is 2.60. The van der Waals surface area contributed by atoms with Crippen LogP contribution in [0.15, 0.2) is 16.8 Å². The van der Waals surface area contributed by atoms with E-state index in [0.717, 1.165) is 0 Å². The molecule has 0 aromatic rings. The van der Waals surface area contributed by atoms with Gasteiger partial charge in [0.1, 0.15) is 12.1 Å². The molecule has 146 valence electrons. The van der Waals surface area contributed by atoms with E-state index in [2.05, 4.69) is 5.18 Å². The summed E-state index contributed by atoms with van der Waals surface area (Å²) in [4.78, 5) is 48.7. The van der Waals surface area contributed by atoms with Gasteiger partial charge in [-0.25, -0.2) is 4.79 Å². The number of Topliss-reactive ketones (excluding diaryl/α,β-unsaturated/α-hetero) is 2. The van der Waals surface area contributed by atoms with Crippen LogP contribution < -0.4 is 5.73 Å². The maximum Gasteiger partial charge on any atom is 0.333 e. The predicted octanol–water partition coefficient (Wildman–Crippen LogP) is 2.70. The molecule has 1 aliphatic heterocycles. The van der Waals surface area contributed by atoms with Gasteiger partial charge in [-0.1, -0.05) is 25.9 Å². The quantitative estimate of drug-likeness (QED) is 0.456. The van der Waals surface area contributed by atoms with E-state index in [1.807, 2.05) is 6.92 Å². The number of hydrogen-bond donors (Lipinski definition) is 1. The molecule has 0 unspecified atom stereocenters. The lowest BCUT2D eigenvalue weighted by atomic mass is 9.82. The molecule has 0 aliphatic carbocycles. The molecular formula is C19H30N2O5. The van der Waals surface area contributed by atoms with Gasteiger partial charge in [0.2, 0.25) is 0 Å². The van der Waals surface area contributed by atoms with E-state index < -0.39 is 35.4 Å². The summed E-state index contributed by atoms with van der Waals surface area (Å²) in [7, 11) is 0. The first kappa shape index (κ1) is 22.2. The first-order valence-corrected chi connectivity index (χ1v) is 9.12. The highest BCUT2D eigenvalue weighted by molar-refractivity contribution is 6.08. The van der Waals surface area contributed by atoms with Gasteiger partial charge in [-0.3, -0.25) is 9.59 Å². The molecule has 2 N–H and O–H groups in total. The van der Waals surface area contributed by atoms with Crippen molar-refractivity contribution in [2.24, 2.45) is 22.7 Å². The Morgan fingerprint density at radius 3 is 2.46 bits per heavy atom. The number of rotatable bonds is 2. The van der Waals surface area contributed by atoms with Crippen molar-refractivity contribution in [2.45, 2.75) is 78.0 Å². The summed E-state index contributed by atoms with van der Waals surface area (Å²) in [5.41, 5.74) is 4.63. The fourth-order valence-electron chi connectivity index (χ4n) is 3.22. The van der Waals surface area contributed by atoms with E-state index in [9.17, 15) is 19.3 Å². The van der Waals surface area contributed by atoms with Gasteiger partial charge in [0.15, 0.2) is 17.1 Å². The SMILES string of the molecule is CC[C@H]1OC(=O)[C@@](C)(N)C(=O)[C@H](C)C[C@@H](C)CCC(=O)/C(C)=C/[C@@H]1N=O. The Morgan fingerprint density at radius 2 is 1.92 bits per heavy atom. The van der Waals surface area contributed by atoms with E-state index in [4.69, 9.17) is 10.5 Å². The van der Waals surface area contributed by atoms with Gasteiger partial charge in [0, 0.05) is 12.3 Å². The lowest BCUT2D eigenvalue weighted by Gasteiger charge is -2.29. The van der Waals surface area contributed by atoms with Gasteiger partial charge in [0.25, 0.3) is 0 Å². The minimum atomic E-state index is -1.79. The molecule has 0 bridgehead atoms. The van der Waals surface area contributed by atoms with Crippen LogP contribution in [-0.2, 0) is 19.1 Å². The number of esters is 1. The van der Waals surface area contributed by atoms with E-state index >= 15 is 0 Å². The van der Waals surface area contributed by atoms with E-state index in [1.165, 1.54) is 13.0 Å². The van der Waals surface area contributed by atoms with E-state index in [-0.39, 0.29) is 11.7 Å². The van der Waals surface area contributed by atoms with Gasteiger partial charge in [-0.15, -0.1) is 0 Å². The number of nitrogens with zero attached hydrogens (tertiary/aromatic N) is 1. The van der Waals surface area contributed by atoms with Gasteiger partial charge in [-0.2, -0.15) is 4.91 Å². The summed E-state index contributed by atoms with van der Waals surface area (Å²) < 4.78 is 5.36. The van der Waals surface area contributed by atoms with Crippen LogP contribution in [0.3, 0.4) is 0 Å². The lowest BCUT2D eigenvalue weighted by molar-refractivity contribution is -0.159. The van der Waals surface area contributed by atoms with E-state index in [0.29, 0.717) is 31.3 Å². The van der Waals surface area contributed by atoms with Gasteiger partial charge < -0.3 is 10.5 Å². The maximum atomic E-state index is 12.7. The smallest absolute Gasteiger partial charge is 0.333 e. The molecule has 0 aromatic heterocycles. The standard InChI is InChI=1S/C19H30N2O5/c1-6-16-14(21-25)10-12(3)15(22)8-7-11(2)9-13(4)17(23)19(5,20)18(24)26-16/h10-11,13-14,16H,6-9,20H2,1-5H3/b12-10+/t11-,13+,14-,16+,19-/m0/s1. The monoisotopic (exact) mass is 366 g/mol. The second-order valence-corrected chi connectivity index (χ2v) is 7.57. The summed E-state index contributed by atoms with van der Waals surface area (Å²) >= 11 is 0. The highest BCUT2D eigenvalue weighted by Gasteiger charge is 2.42. The molecule has 7 nitrogen and oxygen atoms in total. The van der Waals surface area contributed by atoms with Crippen LogP contribution in [-0.4, -0.2) is 35.2 Å². The number of nitroso groups, excluding NO2 is 1. The summed E-state index contributed by atoms with van der Waals surface area (Å²) in [5, 5.41) is 3.00. The largest absolute Gasteiger partial charge is 0.458 e. The van der Waals surface area contributed by atoms with Crippen LogP contribution in [0.25, 0.3) is 0 Å². The number of cyclic esters (lactones) is 1. The Bertz CT molecular complexity index is 597. The molecule has 0 aromatic carbocycles. The zero-order valence-corrected chi connectivity index (χ0v) is 16.3. The summed E-state index contributed by atoms with van der Waals surface area (Å²) in [5.74, 6) is -1.69. The Labute approximate surface area is 154 Å². The van der Waals surface area contributed by atoms with Crippen molar-refractivity contribution in [1.82, 2.24) is 0 Å². The van der Waals surface area contributed by atoms with Crippen LogP contribution in [0.1, 0.15) is 60.3 Å². The fraction of sp³-hybridized carbons (Fsp3) is 0.737. The average molecular weight is 366 g/mol. The zero-order chi connectivity index (χ0) is 20.1. The van der Waals surface area contributed by atoms with Crippen molar-refractivity contribution in [3.8, 4) is 0 Å². The van der Waals surface area contributed by atoms with Crippen LogP contribution in [0.4, 0.5) is 0 Å². The molecule has 1 heterocycles. The third-order valence-electron chi connectivity index (χ3n) is 5.03. The first-order chi connectivity index (χ1) is 12.0. The number of ketones is 2. The van der Waals surface area contributed by atoms with Crippen LogP contribution >= 0.6 is 0 Å². The third kappa shape index (κ3) is 5.30. The molecule has 5 atom stereocenters. The molecule has 0 radical (unpaired) electrons. The van der Waals surface area contributed by atoms with Crippen LogP contribution in [0.5, 0.6) is 0 Å². The Morgan fingerprint density at radius 1 is 1.31 bits per heavy atom. The number of carbonyl (C=O) groups is 3. The number of allylic oxidation sites excluding steroid dienone is 1. The number of nitrogens with two attached hydrogens (primary N) is 1. The predicted molar refractivity (Wildman–Crippen MR) is 98.3 cm³/mol. The number of carbonyl (C=O) groups excluding carboxylic acids is 3. The van der Waals surface area contributed by atoms with Crippen LogP contribution in [0, 0.1) is 16.7 Å². The van der Waals surface area contributed by atoms with Crippen molar-refractivity contribution < 1.29 is 19.1 Å². The molecule has 1 aliphatic rings. The lowest BCUT2D eigenvalue weighted by Crippen LogP contribution is -2.56. The van der Waals surface area contributed by atoms with Gasteiger partial charge >= 0.3 is 5.97 Å². The second kappa shape index (κ2) is 9.16. The third-order valence-corrected chi connectivity index (χ3v) is 5.03. The topological polar surface area (TPSA) is 116 Å². The molecule has 0 spiro atoms. The fourth-order valence-corrected chi connectivity index (χ4v) is 3.22. The normalized spacial score (nSPS) is 37.3. The van der Waals surface area contributed by atoms with Gasteiger partial charge in [-0.05, 0) is 50.7 Å². The molecule has 0 fully saturated rings. The number of ether oxygens (including phenoxy) is 1. The molecule has 0 saturated carbocycles. The minimum Gasteiger partial charge on any atom is -0.458 e. The zero-order valence-electron chi connectivity index (χ0n) is 16.3. The Balaban J connectivity index is 3.28. The van der Waals surface area contributed by atoms with Crippen molar-refractivity contribution >= 4 is 17.5 Å².